The molecule has 0 fully saturated rings. The van der Waals surface area contributed by atoms with Crippen molar-refractivity contribution >= 4 is 5.97 Å². The highest BCUT2D eigenvalue weighted by atomic mass is 16.5. The fourth-order valence-electron chi connectivity index (χ4n) is 1.76. The van der Waals surface area contributed by atoms with Crippen LogP contribution in [0.3, 0.4) is 0 Å². The van der Waals surface area contributed by atoms with E-state index in [0.717, 1.165) is 11.1 Å². The van der Waals surface area contributed by atoms with Gasteiger partial charge in [-0.05, 0) is 43.0 Å². The smallest absolute Gasteiger partial charge is 0.307 e. The summed E-state index contributed by atoms with van der Waals surface area (Å²) in [7, 11) is 1.38. The number of carbonyl (C=O) groups excluding carboxylic acids is 1. The molecule has 3 heteroatoms. The summed E-state index contributed by atoms with van der Waals surface area (Å²) in [6, 6.07) is 3.87. The van der Waals surface area contributed by atoms with Gasteiger partial charge in [-0.1, -0.05) is 12.1 Å². The monoisotopic (exact) mass is 221 g/mol. The first-order valence-electron chi connectivity index (χ1n) is 5.36. The predicted molar refractivity (Wildman–Crippen MR) is 64.2 cm³/mol. The van der Waals surface area contributed by atoms with Gasteiger partial charge in [-0.15, -0.1) is 0 Å². The number of hydrogen-bond acceptors (Lipinski definition) is 3. The fourth-order valence-corrected chi connectivity index (χ4v) is 1.76. The summed E-state index contributed by atoms with van der Waals surface area (Å²) in [5, 5.41) is 0. The summed E-state index contributed by atoms with van der Waals surface area (Å²) < 4.78 is 4.62. The van der Waals surface area contributed by atoms with Gasteiger partial charge in [-0.2, -0.15) is 0 Å². The standard InChI is InChI=1S/C13H19NO2/c1-8-5-10(3)11(6-9(8)2)12(14)7-13(15)16-4/h5-6,12H,7,14H2,1-4H3/t12-/m0/s1. The fraction of sp³-hybridized carbons (Fsp3) is 0.462. The molecule has 0 bridgehead atoms. The van der Waals surface area contributed by atoms with E-state index in [9.17, 15) is 4.79 Å². The number of aryl methyl sites for hydroxylation is 3. The van der Waals surface area contributed by atoms with Crippen LogP contribution in [-0.2, 0) is 9.53 Å². The van der Waals surface area contributed by atoms with Crippen molar-refractivity contribution in [1.29, 1.82) is 0 Å². The summed E-state index contributed by atoms with van der Waals surface area (Å²) in [6.07, 6.45) is 0.222. The second-order valence-corrected chi connectivity index (χ2v) is 4.18. The lowest BCUT2D eigenvalue weighted by molar-refractivity contribution is -0.141. The summed E-state index contributed by atoms with van der Waals surface area (Å²) >= 11 is 0. The molecular weight excluding hydrogens is 202 g/mol. The minimum Gasteiger partial charge on any atom is -0.469 e. The zero-order chi connectivity index (χ0) is 12.3. The van der Waals surface area contributed by atoms with Crippen LogP contribution >= 0.6 is 0 Å². The van der Waals surface area contributed by atoms with Crippen molar-refractivity contribution in [1.82, 2.24) is 0 Å². The van der Waals surface area contributed by atoms with Gasteiger partial charge in [0.2, 0.25) is 0 Å². The molecular formula is C13H19NO2. The summed E-state index contributed by atoms with van der Waals surface area (Å²) in [5.74, 6) is -0.273. The largest absolute Gasteiger partial charge is 0.469 e. The molecule has 16 heavy (non-hydrogen) atoms. The van der Waals surface area contributed by atoms with E-state index >= 15 is 0 Å². The van der Waals surface area contributed by atoms with E-state index < -0.39 is 0 Å². The van der Waals surface area contributed by atoms with Crippen molar-refractivity contribution in [2.75, 3.05) is 7.11 Å². The lowest BCUT2D eigenvalue weighted by atomic mass is 9.95. The van der Waals surface area contributed by atoms with E-state index in [0.29, 0.717) is 0 Å². The molecule has 1 rings (SSSR count). The van der Waals surface area contributed by atoms with Gasteiger partial charge in [0, 0.05) is 6.04 Å². The summed E-state index contributed by atoms with van der Waals surface area (Å²) in [6.45, 7) is 6.12. The van der Waals surface area contributed by atoms with Crippen LogP contribution in [-0.4, -0.2) is 13.1 Å². The zero-order valence-electron chi connectivity index (χ0n) is 10.3. The Morgan fingerprint density at radius 2 is 1.81 bits per heavy atom. The van der Waals surface area contributed by atoms with Crippen LogP contribution < -0.4 is 5.73 Å². The van der Waals surface area contributed by atoms with Gasteiger partial charge in [0.1, 0.15) is 0 Å². The van der Waals surface area contributed by atoms with E-state index in [1.807, 2.05) is 13.8 Å². The highest BCUT2D eigenvalue weighted by molar-refractivity contribution is 5.70. The molecule has 0 amide bonds. The lowest BCUT2D eigenvalue weighted by Crippen LogP contribution is -2.17. The SMILES string of the molecule is COC(=O)C[C@H](N)c1cc(C)c(C)cc1C. The number of benzene rings is 1. The van der Waals surface area contributed by atoms with Crippen LogP contribution in [0.25, 0.3) is 0 Å². The van der Waals surface area contributed by atoms with E-state index in [4.69, 9.17) is 5.73 Å². The molecule has 1 aromatic rings. The third kappa shape index (κ3) is 2.83. The third-order valence-corrected chi connectivity index (χ3v) is 2.90. The van der Waals surface area contributed by atoms with E-state index in [-0.39, 0.29) is 18.4 Å². The maximum Gasteiger partial charge on any atom is 0.307 e. The van der Waals surface area contributed by atoms with Crippen molar-refractivity contribution < 1.29 is 9.53 Å². The zero-order valence-corrected chi connectivity index (χ0v) is 10.3. The van der Waals surface area contributed by atoms with Gasteiger partial charge < -0.3 is 10.5 Å². The predicted octanol–water partition coefficient (Wildman–Crippen LogP) is 2.17. The van der Waals surface area contributed by atoms with Crippen molar-refractivity contribution in [3.63, 3.8) is 0 Å². The molecule has 1 atom stereocenters. The first kappa shape index (κ1) is 12.7. The molecule has 0 aliphatic heterocycles. The Morgan fingerprint density at radius 1 is 1.25 bits per heavy atom. The topological polar surface area (TPSA) is 52.3 Å². The first-order valence-corrected chi connectivity index (χ1v) is 5.36. The number of ether oxygens (including phenoxy) is 1. The molecule has 0 spiro atoms. The lowest BCUT2D eigenvalue weighted by Gasteiger charge is -2.15. The molecule has 3 nitrogen and oxygen atoms in total. The Hall–Kier alpha value is -1.35. The van der Waals surface area contributed by atoms with Crippen LogP contribution in [0.5, 0.6) is 0 Å². The van der Waals surface area contributed by atoms with Gasteiger partial charge in [0.05, 0.1) is 13.5 Å². The Balaban J connectivity index is 2.95. The van der Waals surface area contributed by atoms with Crippen LogP contribution in [0.1, 0.15) is 34.7 Å². The third-order valence-electron chi connectivity index (χ3n) is 2.90. The van der Waals surface area contributed by atoms with Gasteiger partial charge in [0.25, 0.3) is 0 Å². The van der Waals surface area contributed by atoms with Crippen molar-refractivity contribution in [2.24, 2.45) is 5.73 Å². The van der Waals surface area contributed by atoms with Gasteiger partial charge >= 0.3 is 5.97 Å². The Morgan fingerprint density at radius 3 is 2.38 bits per heavy atom. The Kier molecular flexibility index (Phi) is 4.07. The minimum atomic E-state index is -0.285. The average molecular weight is 221 g/mol. The maximum absolute atomic E-state index is 11.2. The molecule has 0 heterocycles. The molecule has 0 aliphatic rings. The van der Waals surface area contributed by atoms with Crippen LogP contribution in [0.4, 0.5) is 0 Å². The van der Waals surface area contributed by atoms with Crippen LogP contribution in [0.2, 0.25) is 0 Å². The van der Waals surface area contributed by atoms with Crippen LogP contribution in [0, 0.1) is 20.8 Å². The summed E-state index contributed by atoms with van der Waals surface area (Å²) in [5.41, 5.74) is 10.6. The van der Waals surface area contributed by atoms with Crippen molar-refractivity contribution in [3.05, 3.63) is 34.4 Å². The minimum absolute atomic E-state index is 0.222. The van der Waals surface area contributed by atoms with Gasteiger partial charge in [-0.3, -0.25) is 4.79 Å². The van der Waals surface area contributed by atoms with E-state index in [1.165, 1.54) is 18.2 Å². The Bertz CT molecular complexity index is 399. The second kappa shape index (κ2) is 5.12. The molecule has 0 saturated heterocycles. The molecule has 0 radical (unpaired) electrons. The molecule has 2 N–H and O–H groups in total. The Labute approximate surface area is 96.6 Å². The maximum atomic E-state index is 11.2. The van der Waals surface area contributed by atoms with Crippen LogP contribution in [0.15, 0.2) is 12.1 Å². The van der Waals surface area contributed by atoms with Gasteiger partial charge in [0.15, 0.2) is 0 Å². The number of esters is 1. The normalized spacial score (nSPS) is 12.3. The highest BCUT2D eigenvalue weighted by Crippen LogP contribution is 2.22. The number of carbonyl (C=O) groups is 1. The molecule has 0 unspecified atom stereocenters. The molecule has 88 valence electrons. The number of rotatable bonds is 3. The van der Waals surface area contributed by atoms with Crippen molar-refractivity contribution in [3.8, 4) is 0 Å². The average Bonchev–Trinajstić information content (AvgIpc) is 2.23. The molecule has 0 aromatic heterocycles. The molecule has 1 aromatic carbocycles. The first-order chi connectivity index (χ1) is 7.45. The number of nitrogens with two attached hydrogens (primary N) is 1. The molecule has 0 aliphatic carbocycles. The van der Waals surface area contributed by atoms with E-state index in [1.54, 1.807) is 0 Å². The second-order valence-electron chi connectivity index (χ2n) is 4.18. The number of methoxy groups -OCH3 is 1. The van der Waals surface area contributed by atoms with Gasteiger partial charge in [-0.25, -0.2) is 0 Å². The number of hydrogen-bond donors (Lipinski definition) is 1. The highest BCUT2D eigenvalue weighted by Gasteiger charge is 2.14. The van der Waals surface area contributed by atoms with E-state index in [2.05, 4.69) is 23.8 Å². The molecule has 0 saturated carbocycles. The summed E-state index contributed by atoms with van der Waals surface area (Å²) in [4.78, 5) is 11.2. The van der Waals surface area contributed by atoms with Crippen molar-refractivity contribution in [2.45, 2.75) is 33.2 Å². The quantitative estimate of drug-likeness (QED) is 0.796.